The molecule has 0 radical (unpaired) electrons. The second kappa shape index (κ2) is 6.70. The molecule has 0 atom stereocenters. The van der Waals surface area contributed by atoms with E-state index in [0.29, 0.717) is 25.8 Å². The van der Waals surface area contributed by atoms with Gasteiger partial charge in [-0.15, -0.1) is 0 Å². The first-order valence-electron chi connectivity index (χ1n) is 5.58. The number of hydrogen-bond donors (Lipinski definition) is 1. The first kappa shape index (κ1) is 14.9. The van der Waals surface area contributed by atoms with Crippen LogP contribution in [0.4, 0.5) is 17.6 Å². The average Bonchev–Trinajstić information content (AvgIpc) is 2.27. The molecule has 0 aliphatic heterocycles. The standard InChI is InChI=1S/C12H15F4NO/c1-2-18-4-3-17-8-9-5-10(12(14,15)16)7-11(13)6-9/h5-7,17H,2-4,8H2,1H3. The first-order valence-corrected chi connectivity index (χ1v) is 5.58. The van der Waals surface area contributed by atoms with Crippen LogP contribution in [0.1, 0.15) is 18.1 Å². The lowest BCUT2D eigenvalue weighted by molar-refractivity contribution is -0.137. The van der Waals surface area contributed by atoms with E-state index in [0.717, 1.165) is 12.1 Å². The molecule has 0 heterocycles. The lowest BCUT2D eigenvalue weighted by Crippen LogP contribution is -2.19. The van der Waals surface area contributed by atoms with Gasteiger partial charge in [0.05, 0.1) is 12.2 Å². The maximum absolute atomic E-state index is 13.0. The molecule has 2 nitrogen and oxygen atoms in total. The maximum atomic E-state index is 13.0. The molecule has 0 unspecified atom stereocenters. The van der Waals surface area contributed by atoms with Crippen molar-refractivity contribution in [2.45, 2.75) is 19.6 Å². The van der Waals surface area contributed by atoms with E-state index in [2.05, 4.69) is 5.32 Å². The predicted molar refractivity (Wildman–Crippen MR) is 59.6 cm³/mol. The summed E-state index contributed by atoms with van der Waals surface area (Å²) in [6.07, 6.45) is -4.53. The van der Waals surface area contributed by atoms with Gasteiger partial charge in [0, 0.05) is 19.7 Å². The minimum atomic E-state index is -4.53. The molecular formula is C12H15F4NO. The van der Waals surface area contributed by atoms with Gasteiger partial charge in [-0.2, -0.15) is 13.2 Å². The van der Waals surface area contributed by atoms with Crippen molar-refractivity contribution in [3.8, 4) is 0 Å². The summed E-state index contributed by atoms with van der Waals surface area (Å²) in [5.41, 5.74) is -0.706. The summed E-state index contributed by atoms with van der Waals surface area (Å²) in [5, 5.41) is 2.88. The van der Waals surface area contributed by atoms with E-state index in [1.165, 1.54) is 0 Å². The van der Waals surface area contributed by atoms with Crippen LogP contribution < -0.4 is 5.32 Å². The monoisotopic (exact) mass is 265 g/mol. The van der Waals surface area contributed by atoms with E-state index in [-0.39, 0.29) is 12.1 Å². The summed E-state index contributed by atoms with van der Waals surface area (Å²) >= 11 is 0. The third-order valence-electron chi connectivity index (χ3n) is 2.24. The number of halogens is 4. The summed E-state index contributed by atoms with van der Waals surface area (Å²) in [7, 11) is 0. The lowest BCUT2D eigenvalue weighted by Gasteiger charge is -2.10. The molecule has 1 N–H and O–H groups in total. The minimum absolute atomic E-state index is 0.175. The molecule has 0 aliphatic rings. The van der Waals surface area contributed by atoms with Gasteiger partial charge in [0.2, 0.25) is 0 Å². The third-order valence-corrected chi connectivity index (χ3v) is 2.24. The van der Waals surface area contributed by atoms with E-state index >= 15 is 0 Å². The molecule has 1 aromatic rings. The van der Waals surface area contributed by atoms with E-state index in [1.807, 2.05) is 6.92 Å². The van der Waals surface area contributed by atoms with Gasteiger partial charge < -0.3 is 10.1 Å². The van der Waals surface area contributed by atoms with Gasteiger partial charge in [0.25, 0.3) is 0 Å². The maximum Gasteiger partial charge on any atom is 0.416 e. The van der Waals surface area contributed by atoms with Crippen molar-refractivity contribution in [2.75, 3.05) is 19.8 Å². The summed E-state index contributed by atoms with van der Waals surface area (Å²) in [5.74, 6) is -0.883. The van der Waals surface area contributed by atoms with E-state index in [4.69, 9.17) is 4.74 Å². The van der Waals surface area contributed by atoms with Crippen LogP contribution in [0.25, 0.3) is 0 Å². The van der Waals surface area contributed by atoms with Crippen LogP contribution in [-0.2, 0) is 17.5 Å². The van der Waals surface area contributed by atoms with Gasteiger partial charge in [-0.1, -0.05) is 0 Å². The summed E-state index contributed by atoms with van der Waals surface area (Å²) in [6, 6.07) is 2.52. The Morgan fingerprint density at radius 3 is 2.56 bits per heavy atom. The molecule has 0 amide bonds. The van der Waals surface area contributed by atoms with E-state index < -0.39 is 17.6 Å². The van der Waals surface area contributed by atoms with Crippen LogP contribution in [0, 0.1) is 5.82 Å². The number of hydrogen-bond acceptors (Lipinski definition) is 2. The highest BCUT2D eigenvalue weighted by Gasteiger charge is 2.31. The topological polar surface area (TPSA) is 21.3 Å². The van der Waals surface area contributed by atoms with E-state index in [9.17, 15) is 17.6 Å². The van der Waals surface area contributed by atoms with Crippen molar-refractivity contribution in [3.05, 3.63) is 35.1 Å². The van der Waals surface area contributed by atoms with Crippen molar-refractivity contribution in [1.29, 1.82) is 0 Å². The summed E-state index contributed by atoms with van der Waals surface area (Å²) in [6.45, 7) is 3.58. The zero-order chi connectivity index (χ0) is 13.6. The second-order valence-corrected chi connectivity index (χ2v) is 3.72. The van der Waals surface area contributed by atoms with Crippen LogP contribution >= 0.6 is 0 Å². The summed E-state index contributed by atoms with van der Waals surface area (Å²) in [4.78, 5) is 0. The Balaban J connectivity index is 2.58. The van der Waals surface area contributed by atoms with Crippen molar-refractivity contribution in [1.82, 2.24) is 5.32 Å². The molecule has 0 fully saturated rings. The SMILES string of the molecule is CCOCCNCc1cc(F)cc(C(F)(F)F)c1. The van der Waals surface area contributed by atoms with Crippen LogP contribution in [-0.4, -0.2) is 19.8 Å². The molecule has 102 valence electrons. The Hall–Kier alpha value is -1.14. The third kappa shape index (κ3) is 5.01. The highest BCUT2D eigenvalue weighted by molar-refractivity contribution is 5.26. The number of ether oxygens (including phenoxy) is 1. The number of rotatable bonds is 6. The Labute approximate surface area is 103 Å². The fraction of sp³-hybridized carbons (Fsp3) is 0.500. The highest BCUT2D eigenvalue weighted by Crippen LogP contribution is 2.30. The number of alkyl halides is 3. The fourth-order valence-corrected chi connectivity index (χ4v) is 1.44. The van der Waals surface area contributed by atoms with Gasteiger partial charge in [-0.3, -0.25) is 0 Å². The number of benzene rings is 1. The molecule has 0 saturated carbocycles. The minimum Gasteiger partial charge on any atom is -0.380 e. The molecule has 0 aromatic heterocycles. The summed E-state index contributed by atoms with van der Waals surface area (Å²) < 4.78 is 55.4. The Bertz CT molecular complexity index is 379. The molecule has 0 spiro atoms. The Kier molecular flexibility index (Phi) is 5.55. The van der Waals surface area contributed by atoms with Crippen LogP contribution in [0.15, 0.2) is 18.2 Å². The largest absolute Gasteiger partial charge is 0.416 e. The Morgan fingerprint density at radius 1 is 1.22 bits per heavy atom. The van der Waals surface area contributed by atoms with E-state index in [1.54, 1.807) is 0 Å². The normalized spacial score (nSPS) is 11.8. The van der Waals surface area contributed by atoms with Gasteiger partial charge in [-0.05, 0) is 30.7 Å². The zero-order valence-corrected chi connectivity index (χ0v) is 9.98. The number of nitrogens with one attached hydrogen (secondary N) is 1. The Morgan fingerprint density at radius 2 is 1.94 bits per heavy atom. The molecule has 0 bridgehead atoms. The van der Waals surface area contributed by atoms with Crippen molar-refractivity contribution >= 4 is 0 Å². The molecule has 1 rings (SSSR count). The second-order valence-electron chi connectivity index (χ2n) is 3.72. The van der Waals surface area contributed by atoms with Gasteiger partial charge >= 0.3 is 6.18 Å². The predicted octanol–water partition coefficient (Wildman–Crippen LogP) is 2.97. The molecule has 1 aromatic carbocycles. The molecule has 6 heteroatoms. The van der Waals surface area contributed by atoms with Gasteiger partial charge in [0.15, 0.2) is 0 Å². The molecule has 0 aliphatic carbocycles. The van der Waals surface area contributed by atoms with Gasteiger partial charge in [0.1, 0.15) is 5.82 Å². The molecule has 0 saturated heterocycles. The van der Waals surface area contributed by atoms with Gasteiger partial charge in [-0.25, -0.2) is 4.39 Å². The van der Waals surface area contributed by atoms with Crippen molar-refractivity contribution < 1.29 is 22.3 Å². The first-order chi connectivity index (χ1) is 8.43. The molecule has 18 heavy (non-hydrogen) atoms. The fourth-order valence-electron chi connectivity index (χ4n) is 1.44. The van der Waals surface area contributed by atoms with Crippen molar-refractivity contribution in [2.24, 2.45) is 0 Å². The smallest absolute Gasteiger partial charge is 0.380 e. The van der Waals surface area contributed by atoms with Crippen LogP contribution in [0.2, 0.25) is 0 Å². The lowest BCUT2D eigenvalue weighted by atomic mass is 10.1. The van der Waals surface area contributed by atoms with Crippen LogP contribution in [0.5, 0.6) is 0 Å². The van der Waals surface area contributed by atoms with Crippen LogP contribution in [0.3, 0.4) is 0 Å². The quantitative estimate of drug-likeness (QED) is 0.630. The average molecular weight is 265 g/mol. The molecular weight excluding hydrogens is 250 g/mol. The zero-order valence-electron chi connectivity index (χ0n) is 9.98. The van der Waals surface area contributed by atoms with Crippen molar-refractivity contribution in [3.63, 3.8) is 0 Å². The highest BCUT2D eigenvalue weighted by atomic mass is 19.4.